The fraction of sp³-hybridized carbons (Fsp3) is 0. The van der Waals surface area contributed by atoms with Gasteiger partial charge in [-0.2, -0.15) is 0 Å². The fourth-order valence-corrected chi connectivity index (χ4v) is 8.15. The maximum atomic E-state index is 6.34. The average Bonchev–Trinajstić information content (AvgIpc) is 3.51. The Labute approximate surface area is 289 Å². The lowest BCUT2D eigenvalue weighted by Crippen LogP contribution is -1.97. The Morgan fingerprint density at radius 2 is 0.980 bits per heavy atom. The summed E-state index contributed by atoms with van der Waals surface area (Å²) in [6, 6.07) is 63.8. The second kappa shape index (κ2) is 10.4. The third kappa shape index (κ3) is 4.03. The van der Waals surface area contributed by atoms with E-state index in [4.69, 9.17) is 4.74 Å². The van der Waals surface area contributed by atoms with E-state index in [-0.39, 0.29) is 0 Å². The van der Waals surface area contributed by atoms with E-state index in [2.05, 4.69) is 180 Å². The second-order valence-electron chi connectivity index (χ2n) is 13.3. The van der Waals surface area contributed by atoms with Crippen LogP contribution in [0.25, 0.3) is 93.2 Å². The molecular weight excluding hydrogens is 607 g/mol. The number of aromatic nitrogens is 1. The van der Waals surface area contributed by atoms with Gasteiger partial charge < -0.3 is 9.30 Å². The molecule has 2 heteroatoms. The van der Waals surface area contributed by atoms with Crippen LogP contribution in [0.4, 0.5) is 0 Å². The summed E-state index contributed by atoms with van der Waals surface area (Å²) in [4.78, 5) is 0. The van der Waals surface area contributed by atoms with E-state index < -0.39 is 0 Å². The van der Waals surface area contributed by atoms with Gasteiger partial charge in [0.25, 0.3) is 0 Å². The molecule has 2 heterocycles. The molecule has 0 atom stereocenters. The molecule has 1 aliphatic rings. The third-order valence-corrected chi connectivity index (χ3v) is 10.6. The summed E-state index contributed by atoms with van der Waals surface area (Å²) in [5.74, 6) is 1.83. The van der Waals surface area contributed by atoms with Crippen LogP contribution in [0.15, 0.2) is 176 Å². The van der Waals surface area contributed by atoms with E-state index in [9.17, 15) is 0 Å². The zero-order chi connectivity index (χ0) is 32.8. The lowest BCUT2D eigenvalue weighted by molar-refractivity contribution is 0.487. The van der Waals surface area contributed by atoms with Gasteiger partial charge in [0.1, 0.15) is 11.5 Å². The molecule has 0 aliphatic carbocycles. The van der Waals surface area contributed by atoms with E-state index in [1.54, 1.807) is 0 Å². The van der Waals surface area contributed by atoms with E-state index in [1.165, 1.54) is 81.9 Å². The summed E-state index contributed by atoms with van der Waals surface area (Å²) in [6.45, 7) is 0. The van der Waals surface area contributed by atoms with Crippen molar-refractivity contribution in [2.24, 2.45) is 0 Å². The van der Waals surface area contributed by atoms with Gasteiger partial charge in [0.15, 0.2) is 0 Å². The van der Waals surface area contributed by atoms with Crippen LogP contribution in [0.3, 0.4) is 0 Å². The zero-order valence-corrected chi connectivity index (χ0v) is 27.1. The molecule has 232 valence electrons. The largest absolute Gasteiger partial charge is 0.456 e. The number of fused-ring (bicyclic) bond motifs is 8. The van der Waals surface area contributed by atoms with Crippen molar-refractivity contribution in [2.45, 2.75) is 0 Å². The number of hydrogen-bond donors (Lipinski definition) is 0. The van der Waals surface area contributed by atoms with Crippen LogP contribution in [-0.4, -0.2) is 4.57 Å². The molecule has 0 fully saturated rings. The molecule has 1 aliphatic heterocycles. The predicted molar refractivity (Wildman–Crippen MR) is 210 cm³/mol. The van der Waals surface area contributed by atoms with Gasteiger partial charge in [-0.15, -0.1) is 0 Å². The van der Waals surface area contributed by atoms with Gasteiger partial charge in [-0.1, -0.05) is 127 Å². The highest BCUT2D eigenvalue weighted by Gasteiger charge is 2.20. The van der Waals surface area contributed by atoms with Crippen LogP contribution in [0, 0.1) is 0 Å². The van der Waals surface area contributed by atoms with Crippen LogP contribution < -0.4 is 4.74 Å². The molecule has 9 aromatic carbocycles. The first kappa shape index (κ1) is 27.3. The summed E-state index contributed by atoms with van der Waals surface area (Å²) in [7, 11) is 0. The van der Waals surface area contributed by atoms with E-state index in [0.717, 1.165) is 22.7 Å². The summed E-state index contributed by atoms with van der Waals surface area (Å²) in [5.41, 5.74) is 10.7. The van der Waals surface area contributed by atoms with Crippen molar-refractivity contribution < 1.29 is 4.74 Å². The highest BCUT2D eigenvalue weighted by atomic mass is 16.5. The average molecular weight is 636 g/mol. The van der Waals surface area contributed by atoms with Gasteiger partial charge >= 0.3 is 0 Å². The van der Waals surface area contributed by atoms with Crippen LogP contribution in [0.2, 0.25) is 0 Å². The summed E-state index contributed by atoms with van der Waals surface area (Å²) < 4.78 is 8.76. The monoisotopic (exact) mass is 635 g/mol. The molecule has 1 aromatic heterocycles. The topological polar surface area (TPSA) is 14.2 Å². The number of rotatable bonds is 3. The van der Waals surface area contributed by atoms with Gasteiger partial charge in [-0.25, -0.2) is 0 Å². The zero-order valence-electron chi connectivity index (χ0n) is 27.1. The first-order valence-corrected chi connectivity index (χ1v) is 17.2. The van der Waals surface area contributed by atoms with E-state index >= 15 is 0 Å². The minimum atomic E-state index is 0.904. The van der Waals surface area contributed by atoms with Crippen molar-refractivity contribution in [1.29, 1.82) is 0 Å². The summed E-state index contributed by atoms with van der Waals surface area (Å²) >= 11 is 0. The standard InChI is InChI=1S/C48H29NO/c1-2-9-36-29-44-42(28-35(36)8-1)48-39-12-4-3-7-33(39)21-25-43(48)49(44)38-23-19-31(20-24-38)30-15-17-32(18-16-30)37-22-26-45-41(27-37)40-13-5-10-34-11-6-14-46(50-45)47(34)40/h1-29H. The molecule has 11 rings (SSSR count). The Hall–Kier alpha value is -6.64. The summed E-state index contributed by atoms with van der Waals surface area (Å²) in [5, 5.41) is 10.0. The highest BCUT2D eigenvalue weighted by Crippen LogP contribution is 2.47. The Balaban J connectivity index is 0.975. The maximum absolute atomic E-state index is 6.34. The number of hydrogen-bond acceptors (Lipinski definition) is 1. The molecule has 2 nitrogen and oxygen atoms in total. The van der Waals surface area contributed by atoms with Gasteiger partial charge in [0.2, 0.25) is 0 Å². The van der Waals surface area contributed by atoms with Gasteiger partial charge in [-0.05, 0) is 103 Å². The lowest BCUT2D eigenvalue weighted by atomic mass is 9.92. The highest BCUT2D eigenvalue weighted by molar-refractivity contribution is 6.23. The molecule has 0 radical (unpaired) electrons. The fourth-order valence-electron chi connectivity index (χ4n) is 8.15. The van der Waals surface area contributed by atoms with Crippen molar-refractivity contribution in [1.82, 2.24) is 4.57 Å². The summed E-state index contributed by atoms with van der Waals surface area (Å²) in [6.07, 6.45) is 0. The minimum absolute atomic E-state index is 0.904. The van der Waals surface area contributed by atoms with Crippen molar-refractivity contribution in [2.75, 3.05) is 0 Å². The van der Waals surface area contributed by atoms with Gasteiger partial charge in [-0.3, -0.25) is 0 Å². The Kier molecular flexibility index (Phi) is 5.70. The Morgan fingerprint density at radius 3 is 1.78 bits per heavy atom. The van der Waals surface area contributed by atoms with Crippen LogP contribution in [0.5, 0.6) is 11.5 Å². The third-order valence-electron chi connectivity index (χ3n) is 10.6. The Bertz CT molecular complexity index is 2980. The molecule has 0 saturated carbocycles. The molecule has 0 bridgehead atoms. The van der Waals surface area contributed by atoms with E-state index in [0.29, 0.717) is 0 Å². The van der Waals surface area contributed by atoms with Crippen LogP contribution in [0.1, 0.15) is 0 Å². The normalized spacial score (nSPS) is 12.2. The van der Waals surface area contributed by atoms with Crippen LogP contribution >= 0.6 is 0 Å². The molecule has 10 aromatic rings. The maximum Gasteiger partial charge on any atom is 0.135 e. The predicted octanol–water partition coefficient (Wildman–Crippen LogP) is 13.3. The number of ether oxygens (including phenoxy) is 1. The van der Waals surface area contributed by atoms with Gasteiger partial charge in [0.05, 0.1) is 11.0 Å². The molecule has 0 saturated heterocycles. The molecule has 0 spiro atoms. The molecule has 0 N–H and O–H groups in total. The first-order chi connectivity index (χ1) is 24.8. The Morgan fingerprint density at radius 1 is 0.340 bits per heavy atom. The molecule has 50 heavy (non-hydrogen) atoms. The molecular formula is C48H29NO. The minimum Gasteiger partial charge on any atom is -0.456 e. The van der Waals surface area contributed by atoms with Crippen molar-refractivity contribution in [3.63, 3.8) is 0 Å². The van der Waals surface area contributed by atoms with E-state index in [1.807, 2.05) is 0 Å². The number of benzene rings is 9. The number of nitrogens with zero attached hydrogens (tertiary/aromatic N) is 1. The first-order valence-electron chi connectivity index (χ1n) is 17.2. The quantitative estimate of drug-likeness (QED) is 0.188. The van der Waals surface area contributed by atoms with Crippen molar-refractivity contribution >= 4 is 54.1 Å². The van der Waals surface area contributed by atoms with Crippen LogP contribution in [-0.2, 0) is 0 Å². The van der Waals surface area contributed by atoms with Crippen molar-refractivity contribution in [3.8, 4) is 50.6 Å². The second-order valence-corrected chi connectivity index (χ2v) is 13.3. The van der Waals surface area contributed by atoms with Crippen molar-refractivity contribution in [3.05, 3.63) is 176 Å². The van der Waals surface area contributed by atoms with Gasteiger partial charge in [0, 0.05) is 27.4 Å². The molecule has 0 unspecified atom stereocenters. The lowest BCUT2D eigenvalue weighted by Gasteiger charge is -2.22. The SMILES string of the molecule is c1ccc2cc3c(cc2c1)c1c2ccccc2ccc1n3-c1ccc(-c2ccc(-c3ccc4c(c3)-c3cccc5cccc(c35)O4)cc2)cc1. The smallest absolute Gasteiger partial charge is 0.135 e. The molecule has 0 amide bonds.